The number of carbonyl (C=O) groups excluding carboxylic acids is 3. The number of methoxy groups -OCH3 is 3. The molecule has 4 rings (SSSR count). The summed E-state index contributed by atoms with van der Waals surface area (Å²) in [5, 5.41) is 2.88. The Hall–Kier alpha value is -4.85. The Labute approximate surface area is 226 Å². The molecule has 1 amide bonds. The lowest BCUT2D eigenvalue weighted by molar-refractivity contribution is -0.121. The van der Waals surface area contributed by atoms with Gasteiger partial charge in [0, 0.05) is 23.3 Å². The predicted molar refractivity (Wildman–Crippen MR) is 146 cm³/mol. The lowest BCUT2D eigenvalue weighted by Gasteiger charge is -2.21. The molecule has 0 bridgehead atoms. The zero-order valence-electron chi connectivity index (χ0n) is 22.2. The molecule has 0 aliphatic heterocycles. The van der Waals surface area contributed by atoms with E-state index in [-0.39, 0.29) is 47.2 Å². The summed E-state index contributed by atoms with van der Waals surface area (Å²) in [6, 6.07) is 21.7. The Morgan fingerprint density at radius 1 is 0.769 bits per heavy atom. The summed E-state index contributed by atoms with van der Waals surface area (Å²) in [6.07, 6.45) is 0.113. The molecule has 8 heteroatoms. The van der Waals surface area contributed by atoms with E-state index >= 15 is 0 Å². The van der Waals surface area contributed by atoms with Crippen molar-refractivity contribution in [2.75, 3.05) is 26.6 Å². The first kappa shape index (κ1) is 27.2. The third-order valence-corrected chi connectivity index (χ3v) is 6.35. The van der Waals surface area contributed by atoms with Crippen molar-refractivity contribution < 1.29 is 33.3 Å². The number of hydrogen-bond donors (Lipinski definition) is 1. The fourth-order valence-electron chi connectivity index (χ4n) is 4.21. The van der Waals surface area contributed by atoms with Crippen molar-refractivity contribution in [3.8, 4) is 11.5 Å². The Bertz CT molecular complexity index is 1450. The van der Waals surface area contributed by atoms with Gasteiger partial charge in [-0.25, -0.2) is 0 Å². The number of allylic oxidation sites excluding steroid dienone is 2. The maximum Gasteiger partial charge on any atom is 0.259 e. The fraction of sp³-hybridized carbons (Fsp3) is 0.194. The fourth-order valence-corrected chi connectivity index (χ4v) is 4.21. The predicted octanol–water partition coefficient (Wildman–Crippen LogP) is 5.04. The van der Waals surface area contributed by atoms with Gasteiger partial charge in [0.2, 0.25) is 23.1 Å². The van der Waals surface area contributed by atoms with Crippen LogP contribution in [-0.4, -0.2) is 38.8 Å². The molecule has 0 unspecified atom stereocenters. The van der Waals surface area contributed by atoms with E-state index in [1.54, 1.807) is 56.5 Å². The standard InChI is InChI=1S/C31H29NO7/c1-19-24(28(34)30(38-4)29(37-3)27(19)33)16-21-10-15-26(39-18-20-8-6-5-7-9-20)25(17-21)31(35)32-22-11-13-23(36-2)14-12-22/h5-15,17H,16,18H2,1-4H3,(H,32,35). The van der Waals surface area contributed by atoms with E-state index in [1.165, 1.54) is 14.2 Å². The molecule has 8 nitrogen and oxygen atoms in total. The van der Waals surface area contributed by atoms with Crippen LogP contribution in [0.4, 0.5) is 5.69 Å². The minimum absolute atomic E-state index is 0.113. The Balaban J connectivity index is 1.65. The van der Waals surface area contributed by atoms with Gasteiger partial charge in [-0.3, -0.25) is 14.4 Å². The van der Waals surface area contributed by atoms with E-state index in [2.05, 4.69) is 5.32 Å². The van der Waals surface area contributed by atoms with Gasteiger partial charge in [0.1, 0.15) is 18.1 Å². The molecule has 3 aromatic carbocycles. The lowest BCUT2D eigenvalue weighted by Crippen LogP contribution is -2.26. The van der Waals surface area contributed by atoms with Gasteiger partial charge in [-0.15, -0.1) is 0 Å². The van der Waals surface area contributed by atoms with Crippen molar-refractivity contribution in [1.29, 1.82) is 0 Å². The molecule has 1 aliphatic carbocycles. The van der Waals surface area contributed by atoms with Crippen molar-refractivity contribution in [3.05, 3.63) is 112 Å². The van der Waals surface area contributed by atoms with Crippen LogP contribution in [0.25, 0.3) is 0 Å². The molecule has 0 atom stereocenters. The number of Topliss-reactive ketones (excluding diaryl/α,β-unsaturated/α-hetero) is 2. The minimum atomic E-state index is -0.430. The molecule has 0 spiro atoms. The summed E-state index contributed by atoms with van der Waals surface area (Å²) in [4.78, 5) is 39.3. The van der Waals surface area contributed by atoms with Crippen molar-refractivity contribution in [1.82, 2.24) is 0 Å². The average molecular weight is 528 g/mol. The van der Waals surface area contributed by atoms with Crippen LogP contribution in [0, 0.1) is 0 Å². The van der Waals surface area contributed by atoms with Gasteiger partial charge in [-0.1, -0.05) is 36.4 Å². The maximum absolute atomic E-state index is 13.4. The van der Waals surface area contributed by atoms with Gasteiger partial charge in [0.15, 0.2) is 0 Å². The zero-order valence-corrected chi connectivity index (χ0v) is 22.2. The van der Waals surface area contributed by atoms with E-state index in [0.717, 1.165) is 5.56 Å². The van der Waals surface area contributed by atoms with Crippen LogP contribution in [0.15, 0.2) is 95.5 Å². The maximum atomic E-state index is 13.4. The first-order valence-electron chi connectivity index (χ1n) is 12.2. The van der Waals surface area contributed by atoms with E-state index in [0.29, 0.717) is 22.7 Å². The van der Waals surface area contributed by atoms with Gasteiger partial charge in [-0.05, 0) is 54.4 Å². The molecule has 1 N–H and O–H groups in total. The van der Waals surface area contributed by atoms with Gasteiger partial charge >= 0.3 is 0 Å². The second-order valence-electron chi connectivity index (χ2n) is 8.79. The molecule has 0 saturated carbocycles. The highest BCUT2D eigenvalue weighted by Gasteiger charge is 2.34. The van der Waals surface area contributed by atoms with Gasteiger partial charge < -0.3 is 24.3 Å². The highest BCUT2D eigenvalue weighted by Crippen LogP contribution is 2.30. The molecule has 0 radical (unpaired) electrons. The number of nitrogens with one attached hydrogen (secondary N) is 1. The Morgan fingerprint density at radius 2 is 1.44 bits per heavy atom. The number of carbonyl (C=O) groups is 3. The number of hydrogen-bond acceptors (Lipinski definition) is 7. The van der Waals surface area contributed by atoms with Gasteiger partial charge in [0.05, 0.1) is 26.9 Å². The lowest BCUT2D eigenvalue weighted by atomic mass is 9.88. The molecular weight excluding hydrogens is 498 g/mol. The molecule has 200 valence electrons. The number of benzene rings is 3. The quantitative estimate of drug-likeness (QED) is 0.369. The number of ketones is 2. The highest BCUT2D eigenvalue weighted by atomic mass is 16.5. The molecule has 0 saturated heterocycles. The SMILES string of the molecule is COC1=C(OC)C(=O)C(Cc2ccc(OCc3ccccc3)c(C(=O)Nc3ccc(OC)cc3)c2)=C(C)C1=O. The highest BCUT2D eigenvalue weighted by molar-refractivity contribution is 6.23. The van der Waals surface area contributed by atoms with E-state index < -0.39 is 11.6 Å². The Kier molecular flexibility index (Phi) is 8.46. The summed E-state index contributed by atoms with van der Waals surface area (Å²) in [5.74, 6) is -0.440. The summed E-state index contributed by atoms with van der Waals surface area (Å²) in [7, 11) is 4.21. The van der Waals surface area contributed by atoms with Crippen LogP contribution >= 0.6 is 0 Å². The van der Waals surface area contributed by atoms with Crippen LogP contribution < -0.4 is 14.8 Å². The monoisotopic (exact) mass is 527 g/mol. The van der Waals surface area contributed by atoms with Gasteiger partial charge in [0.25, 0.3) is 5.91 Å². The van der Waals surface area contributed by atoms with Crippen LogP contribution in [0.5, 0.6) is 11.5 Å². The van der Waals surface area contributed by atoms with Crippen LogP contribution in [0.1, 0.15) is 28.4 Å². The molecule has 0 aromatic heterocycles. The van der Waals surface area contributed by atoms with E-state index in [9.17, 15) is 14.4 Å². The van der Waals surface area contributed by atoms with Crippen LogP contribution in [-0.2, 0) is 32.1 Å². The third-order valence-electron chi connectivity index (χ3n) is 6.35. The first-order valence-corrected chi connectivity index (χ1v) is 12.2. The molecule has 0 heterocycles. The molecule has 0 fully saturated rings. The Morgan fingerprint density at radius 3 is 2.08 bits per heavy atom. The number of anilines is 1. The van der Waals surface area contributed by atoms with E-state index in [1.807, 2.05) is 30.3 Å². The second-order valence-corrected chi connectivity index (χ2v) is 8.79. The normalized spacial score (nSPS) is 13.3. The summed E-state index contributed by atoms with van der Waals surface area (Å²) in [6.45, 7) is 1.84. The van der Waals surface area contributed by atoms with Crippen molar-refractivity contribution in [2.45, 2.75) is 20.0 Å². The summed E-state index contributed by atoms with van der Waals surface area (Å²) < 4.78 is 21.5. The van der Waals surface area contributed by atoms with Crippen LogP contribution in [0.3, 0.4) is 0 Å². The topological polar surface area (TPSA) is 100 Å². The van der Waals surface area contributed by atoms with E-state index in [4.69, 9.17) is 18.9 Å². The zero-order chi connectivity index (χ0) is 27.9. The number of ether oxygens (including phenoxy) is 4. The molecule has 39 heavy (non-hydrogen) atoms. The number of rotatable bonds is 10. The number of amides is 1. The molecular formula is C31H29NO7. The summed E-state index contributed by atoms with van der Waals surface area (Å²) in [5.41, 5.74) is 3.00. The molecule has 1 aliphatic rings. The largest absolute Gasteiger partial charge is 0.497 e. The minimum Gasteiger partial charge on any atom is -0.497 e. The first-order chi connectivity index (χ1) is 18.9. The smallest absolute Gasteiger partial charge is 0.259 e. The van der Waals surface area contributed by atoms with Crippen molar-refractivity contribution in [3.63, 3.8) is 0 Å². The molecule has 3 aromatic rings. The van der Waals surface area contributed by atoms with Gasteiger partial charge in [-0.2, -0.15) is 0 Å². The summed E-state index contributed by atoms with van der Waals surface area (Å²) >= 11 is 0. The second kappa shape index (κ2) is 12.1. The average Bonchev–Trinajstić information content (AvgIpc) is 2.97. The van der Waals surface area contributed by atoms with Crippen molar-refractivity contribution in [2.24, 2.45) is 0 Å². The van der Waals surface area contributed by atoms with Crippen LogP contribution in [0.2, 0.25) is 0 Å². The third kappa shape index (κ3) is 6.01. The van der Waals surface area contributed by atoms with Crippen molar-refractivity contribution >= 4 is 23.2 Å².